The topological polar surface area (TPSA) is 49.3 Å². The molecule has 2 atom stereocenters. The van der Waals surface area contributed by atoms with Gasteiger partial charge < -0.3 is 10.4 Å². The fraction of sp³-hybridized carbons (Fsp3) is 0.857. The molecule has 0 saturated carbocycles. The van der Waals surface area contributed by atoms with Crippen LogP contribution in [-0.2, 0) is 4.79 Å². The molecule has 0 aromatic heterocycles. The van der Waals surface area contributed by atoms with Crippen molar-refractivity contribution >= 4 is 5.91 Å². The van der Waals surface area contributed by atoms with Crippen LogP contribution in [0.3, 0.4) is 0 Å². The Labute approximate surface area is 60.4 Å². The molecule has 3 heteroatoms. The molecule has 0 aliphatic carbocycles. The van der Waals surface area contributed by atoms with Crippen molar-refractivity contribution in [1.82, 2.24) is 5.32 Å². The van der Waals surface area contributed by atoms with Crippen LogP contribution in [0.1, 0.15) is 20.3 Å². The number of aliphatic hydroxyl groups excluding tert-OH is 1. The largest absolute Gasteiger partial charge is 0.390 e. The second-order valence-electron chi connectivity index (χ2n) is 3.11. The van der Waals surface area contributed by atoms with E-state index in [9.17, 15) is 9.90 Å². The summed E-state index contributed by atoms with van der Waals surface area (Å²) in [6, 6.07) is -0.0347. The van der Waals surface area contributed by atoms with Gasteiger partial charge in [-0.05, 0) is 5.92 Å². The maximum absolute atomic E-state index is 10.7. The number of nitrogens with one attached hydrogen (secondary N) is 1. The van der Waals surface area contributed by atoms with Gasteiger partial charge in [0.1, 0.15) is 0 Å². The zero-order chi connectivity index (χ0) is 7.72. The summed E-state index contributed by atoms with van der Waals surface area (Å²) in [4.78, 5) is 10.7. The Morgan fingerprint density at radius 2 is 2.30 bits per heavy atom. The first-order chi connectivity index (χ1) is 4.61. The molecule has 10 heavy (non-hydrogen) atoms. The number of amides is 1. The fourth-order valence-electron chi connectivity index (χ4n) is 1.27. The standard InChI is InChI=1S/C7H13NO2/c1-4(2)7-5(9)3-6(10)8-7/h4-5,7,9H,3H2,1-2H3,(H,8,10). The SMILES string of the molecule is CC(C)C1NC(=O)CC1O. The second-order valence-corrected chi connectivity index (χ2v) is 3.11. The van der Waals surface area contributed by atoms with Gasteiger partial charge in [-0.25, -0.2) is 0 Å². The summed E-state index contributed by atoms with van der Waals surface area (Å²) in [6.45, 7) is 3.97. The lowest BCUT2D eigenvalue weighted by atomic mass is 10.0. The highest BCUT2D eigenvalue weighted by Crippen LogP contribution is 2.15. The number of carbonyl (C=O) groups excluding carboxylic acids is 1. The van der Waals surface area contributed by atoms with Crippen molar-refractivity contribution in [3.8, 4) is 0 Å². The number of hydrogen-bond donors (Lipinski definition) is 2. The Bertz CT molecular complexity index is 145. The number of aliphatic hydroxyl groups is 1. The third-order valence-electron chi connectivity index (χ3n) is 1.85. The molecule has 1 rings (SSSR count). The van der Waals surface area contributed by atoms with E-state index in [0.717, 1.165) is 0 Å². The molecule has 0 aromatic carbocycles. The molecule has 1 saturated heterocycles. The highest BCUT2D eigenvalue weighted by molar-refractivity contribution is 5.79. The van der Waals surface area contributed by atoms with Crippen molar-refractivity contribution in [2.45, 2.75) is 32.4 Å². The van der Waals surface area contributed by atoms with Crippen LogP contribution < -0.4 is 5.32 Å². The summed E-state index contributed by atoms with van der Waals surface area (Å²) < 4.78 is 0. The van der Waals surface area contributed by atoms with Gasteiger partial charge in [-0.1, -0.05) is 13.8 Å². The molecule has 0 aromatic rings. The molecule has 3 nitrogen and oxygen atoms in total. The smallest absolute Gasteiger partial charge is 0.222 e. The Hall–Kier alpha value is -0.570. The minimum Gasteiger partial charge on any atom is -0.390 e. The summed E-state index contributed by atoms with van der Waals surface area (Å²) in [5, 5.41) is 12.0. The summed E-state index contributed by atoms with van der Waals surface area (Å²) >= 11 is 0. The van der Waals surface area contributed by atoms with Crippen LogP contribution in [0.4, 0.5) is 0 Å². The molecule has 1 aliphatic heterocycles. The third kappa shape index (κ3) is 1.29. The first kappa shape index (κ1) is 7.54. The predicted molar refractivity (Wildman–Crippen MR) is 37.4 cm³/mol. The van der Waals surface area contributed by atoms with E-state index in [0.29, 0.717) is 5.92 Å². The van der Waals surface area contributed by atoms with Gasteiger partial charge in [-0.2, -0.15) is 0 Å². The molecule has 1 fully saturated rings. The maximum Gasteiger partial charge on any atom is 0.222 e. The van der Waals surface area contributed by atoms with Gasteiger partial charge in [0.2, 0.25) is 5.91 Å². The number of rotatable bonds is 1. The van der Waals surface area contributed by atoms with E-state index < -0.39 is 6.10 Å². The number of carbonyl (C=O) groups is 1. The van der Waals surface area contributed by atoms with Crippen LogP contribution in [0.25, 0.3) is 0 Å². The lowest BCUT2D eigenvalue weighted by molar-refractivity contribution is -0.119. The number of hydrogen-bond acceptors (Lipinski definition) is 2. The zero-order valence-electron chi connectivity index (χ0n) is 6.29. The lowest BCUT2D eigenvalue weighted by Gasteiger charge is -2.17. The molecule has 58 valence electrons. The quantitative estimate of drug-likeness (QED) is 0.538. The maximum atomic E-state index is 10.7. The van der Waals surface area contributed by atoms with E-state index in [-0.39, 0.29) is 18.4 Å². The summed E-state index contributed by atoms with van der Waals surface area (Å²) in [5.41, 5.74) is 0. The van der Waals surface area contributed by atoms with Crippen molar-refractivity contribution in [1.29, 1.82) is 0 Å². The van der Waals surface area contributed by atoms with Gasteiger partial charge in [-0.15, -0.1) is 0 Å². The van der Waals surface area contributed by atoms with E-state index in [1.807, 2.05) is 13.8 Å². The van der Waals surface area contributed by atoms with Crippen molar-refractivity contribution in [3.63, 3.8) is 0 Å². The Morgan fingerprint density at radius 3 is 2.50 bits per heavy atom. The van der Waals surface area contributed by atoms with Gasteiger partial charge in [0.25, 0.3) is 0 Å². The average molecular weight is 143 g/mol. The molecular formula is C7H13NO2. The van der Waals surface area contributed by atoms with Crippen LogP contribution in [0.5, 0.6) is 0 Å². The Kier molecular flexibility index (Phi) is 1.94. The van der Waals surface area contributed by atoms with E-state index >= 15 is 0 Å². The Balaban J connectivity index is 2.54. The highest BCUT2D eigenvalue weighted by atomic mass is 16.3. The molecule has 0 spiro atoms. The lowest BCUT2D eigenvalue weighted by Crippen LogP contribution is -2.36. The molecule has 0 radical (unpaired) electrons. The summed E-state index contributed by atoms with van der Waals surface area (Å²) in [7, 11) is 0. The minimum absolute atomic E-state index is 0.0347. The van der Waals surface area contributed by atoms with Crippen LogP contribution in [0.15, 0.2) is 0 Å². The molecule has 1 aliphatic rings. The summed E-state index contributed by atoms with van der Waals surface area (Å²) in [6.07, 6.45) is -0.212. The Morgan fingerprint density at radius 1 is 1.70 bits per heavy atom. The van der Waals surface area contributed by atoms with Crippen molar-refractivity contribution in [2.24, 2.45) is 5.92 Å². The van der Waals surface area contributed by atoms with Crippen molar-refractivity contribution in [3.05, 3.63) is 0 Å². The molecule has 1 amide bonds. The average Bonchev–Trinajstić information content (AvgIpc) is 2.10. The van der Waals surface area contributed by atoms with Crippen LogP contribution >= 0.6 is 0 Å². The van der Waals surface area contributed by atoms with Crippen LogP contribution in [0, 0.1) is 5.92 Å². The predicted octanol–water partition coefficient (Wildman–Crippen LogP) is -0.108. The molecule has 2 unspecified atom stereocenters. The van der Waals surface area contributed by atoms with Gasteiger partial charge in [0, 0.05) is 0 Å². The van der Waals surface area contributed by atoms with Gasteiger partial charge in [-0.3, -0.25) is 4.79 Å². The first-order valence-electron chi connectivity index (χ1n) is 3.58. The summed E-state index contributed by atoms with van der Waals surface area (Å²) in [5.74, 6) is 0.285. The monoisotopic (exact) mass is 143 g/mol. The first-order valence-corrected chi connectivity index (χ1v) is 3.58. The second kappa shape index (κ2) is 2.58. The minimum atomic E-state index is -0.479. The molecule has 1 heterocycles. The zero-order valence-corrected chi connectivity index (χ0v) is 6.29. The van der Waals surface area contributed by atoms with Gasteiger partial charge in [0.15, 0.2) is 0 Å². The molecular weight excluding hydrogens is 130 g/mol. The van der Waals surface area contributed by atoms with Gasteiger partial charge in [0.05, 0.1) is 18.6 Å². The molecule has 0 bridgehead atoms. The van der Waals surface area contributed by atoms with E-state index in [1.165, 1.54) is 0 Å². The van der Waals surface area contributed by atoms with Crippen molar-refractivity contribution in [2.75, 3.05) is 0 Å². The normalized spacial score (nSPS) is 33.0. The van der Waals surface area contributed by atoms with E-state index in [2.05, 4.69) is 5.32 Å². The highest BCUT2D eigenvalue weighted by Gasteiger charge is 2.32. The van der Waals surface area contributed by atoms with Gasteiger partial charge >= 0.3 is 0 Å². The van der Waals surface area contributed by atoms with E-state index in [4.69, 9.17) is 0 Å². The fourth-order valence-corrected chi connectivity index (χ4v) is 1.27. The van der Waals surface area contributed by atoms with Crippen LogP contribution in [0.2, 0.25) is 0 Å². The molecule has 2 N–H and O–H groups in total. The van der Waals surface area contributed by atoms with Crippen LogP contribution in [-0.4, -0.2) is 23.2 Å². The van der Waals surface area contributed by atoms with Crippen molar-refractivity contribution < 1.29 is 9.90 Å². The van der Waals surface area contributed by atoms with E-state index in [1.54, 1.807) is 0 Å². The third-order valence-corrected chi connectivity index (χ3v) is 1.85.